The summed E-state index contributed by atoms with van der Waals surface area (Å²) in [5.74, 6) is -0.477. The van der Waals surface area contributed by atoms with Gasteiger partial charge in [-0.2, -0.15) is 0 Å². The lowest BCUT2D eigenvalue weighted by Gasteiger charge is -2.15. The minimum Gasteiger partial charge on any atom is -0.465 e. The maximum absolute atomic E-state index is 10.9. The molecule has 1 rings (SSSR count). The van der Waals surface area contributed by atoms with Crippen LogP contribution in [-0.2, 0) is 9.53 Å². The normalized spacial score (nSPS) is 31.9. The number of carbonyl (C=O) groups is 1. The highest BCUT2D eigenvalue weighted by molar-refractivity contribution is 6.03. The highest BCUT2D eigenvalue weighted by Gasteiger charge is 2.42. The highest BCUT2D eigenvalue weighted by Crippen LogP contribution is 2.28. The molecule has 1 fully saturated rings. The number of cyclic esters (lactones) is 1. The van der Waals surface area contributed by atoms with Gasteiger partial charge in [0.2, 0.25) is 0 Å². The molecule has 1 saturated heterocycles. The van der Waals surface area contributed by atoms with Crippen LogP contribution in [0.25, 0.3) is 0 Å². The summed E-state index contributed by atoms with van der Waals surface area (Å²) in [6, 6.07) is 0. The van der Waals surface area contributed by atoms with Gasteiger partial charge in [-0.1, -0.05) is 0 Å². The summed E-state index contributed by atoms with van der Waals surface area (Å²) in [5, 5.41) is 7.10. The number of hydrogen-bond acceptors (Lipinski definition) is 3. The van der Waals surface area contributed by atoms with E-state index in [1.807, 2.05) is 0 Å². The second-order valence-corrected chi connectivity index (χ2v) is 2.63. The fraction of sp³-hybridized carbons (Fsp3) is 0.667. The van der Waals surface area contributed by atoms with E-state index in [-0.39, 0.29) is 11.8 Å². The Labute approximate surface area is 58.9 Å². The maximum Gasteiger partial charge on any atom is 0.319 e. The van der Waals surface area contributed by atoms with Crippen molar-refractivity contribution in [3.63, 3.8) is 0 Å². The number of nitrogens with one attached hydrogen (secondary N) is 1. The number of amidine groups is 1. The molecular formula is C6H10N2O2. The van der Waals surface area contributed by atoms with Gasteiger partial charge in [0.05, 0.1) is 6.61 Å². The predicted octanol–water partition coefficient (Wildman–Crippen LogP) is -0.124. The van der Waals surface area contributed by atoms with Crippen LogP contribution in [0.3, 0.4) is 0 Å². The van der Waals surface area contributed by atoms with E-state index in [0.717, 1.165) is 0 Å². The van der Waals surface area contributed by atoms with Gasteiger partial charge in [0.25, 0.3) is 0 Å². The molecule has 0 spiro atoms. The van der Waals surface area contributed by atoms with E-state index < -0.39 is 5.41 Å². The third kappa shape index (κ3) is 0.761. The number of esters is 1. The van der Waals surface area contributed by atoms with Gasteiger partial charge in [0.15, 0.2) is 0 Å². The molecule has 1 unspecified atom stereocenters. The Balaban J connectivity index is 2.86. The Hall–Kier alpha value is -1.06. The summed E-state index contributed by atoms with van der Waals surface area (Å²) in [7, 11) is 0. The molecule has 0 bridgehead atoms. The first-order valence-electron chi connectivity index (χ1n) is 3.09. The molecule has 0 amide bonds. The summed E-state index contributed by atoms with van der Waals surface area (Å²) in [5.41, 5.74) is 4.36. The number of ether oxygens (including phenoxy) is 1. The third-order valence-electron chi connectivity index (χ3n) is 1.88. The predicted molar refractivity (Wildman–Crippen MR) is 35.6 cm³/mol. The van der Waals surface area contributed by atoms with E-state index in [9.17, 15) is 4.79 Å². The zero-order valence-electron chi connectivity index (χ0n) is 5.81. The molecule has 0 aromatic carbocycles. The van der Waals surface area contributed by atoms with Gasteiger partial charge in [0, 0.05) is 6.42 Å². The molecule has 1 aliphatic heterocycles. The van der Waals surface area contributed by atoms with Crippen LogP contribution in [0.5, 0.6) is 0 Å². The fourth-order valence-electron chi connectivity index (χ4n) is 0.854. The van der Waals surface area contributed by atoms with Crippen molar-refractivity contribution in [2.45, 2.75) is 13.3 Å². The van der Waals surface area contributed by atoms with Gasteiger partial charge in [-0.25, -0.2) is 0 Å². The van der Waals surface area contributed by atoms with Crippen LogP contribution in [-0.4, -0.2) is 18.4 Å². The van der Waals surface area contributed by atoms with Crippen molar-refractivity contribution in [3.05, 3.63) is 0 Å². The van der Waals surface area contributed by atoms with Gasteiger partial charge in [-0.15, -0.1) is 0 Å². The van der Waals surface area contributed by atoms with Crippen molar-refractivity contribution in [1.82, 2.24) is 0 Å². The molecular weight excluding hydrogens is 132 g/mol. The van der Waals surface area contributed by atoms with Crippen LogP contribution in [0.1, 0.15) is 13.3 Å². The van der Waals surface area contributed by atoms with Crippen LogP contribution in [0.4, 0.5) is 0 Å². The lowest BCUT2D eigenvalue weighted by molar-refractivity contribution is -0.142. The molecule has 1 heterocycles. The Kier molecular flexibility index (Phi) is 1.39. The highest BCUT2D eigenvalue weighted by atomic mass is 16.5. The van der Waals surface area contributed by atoms with E-state index >= 15 is 0 Å². The molecule has 1 aliphatic rings. The lowest BCUT2D eigenvalue weighted by atomic mass is 9.88. The van der Waals surface area contributed by atoms with Gasteiger partial charge in [0.1, 0.15) is 11.3 Å². The summed E-state index contributed by atoms with van der Waals surface area (Å²) in [6.45, 7) is 2.01. The molecule has 1 atom stereocenters. The number of hydrogen-bond donors (Lipinski definition) is 2. The average Bonchev–Trinajstić information content (AvgIpc) is 2.15. The van der Waals surface area contributed by atoms with Gasteiger partial charge in [-0.05, 0) is 6.92 Å². The van der Waals surface area contributed by atoms with E-state index in [2.05, 4.69) is 4.74 Å². The molecule has 0 aromatic rings. The lowest BCUT2D eigenvalue weighted by Crippen LogP contribution is -2.37. The number of rotatable bonds is 1. The molecule has 56 valence electrons. The molecule has 0 radical (unpaired) electrons. The topological polar surface area (TPSA) is 76.2 Å². The summed E-state index contributed by atoms with van der Waals surface area (Å²) >= 11 is 0. The largest absolute Gasteiger partial charge is 0.465 e. The van der Waals surface area contributed by atoms with Crippen molar-refractivity contribution in [1.29, 1.82) is 5.41 Å². The molecule has 0 aromatic heterocycles. The molecule has 0 aliphatic carbocycles. The van der Waals surface area contributed by atoms with Crippen LogP contribution < -0.4 is 5.73 Å². The zero-order chi connectivity index (χ0) is 7.78. The van der Waals surface area contributed by atoms with Crippen LogP contribution in [0, 0.1) is 10.8 Å². The maximum atomic E-state index is 10.9. The smallest absolute Gasteiger partial charge is 0.319 e. The van der Waals surface area contributed by atoms with Crippen molar-refractivity contribution in [2.24, 2.45) is 11.1 Å². The minimum atomic E-state index is -0.847. The Morgan fingerprint density at radius 1 is 1.90 bits per heavy atom. The number of carbonyl (C=O) groups excluding carboxylic acids is 1. The number of nitrogens with two attached hydrogens (primary N) is 1. The Morgan fingerprint density at radius 2 is 2.50 bits per heavy atom. The van der Waals surface area contributed by atoms with Gasteiger partial charge < -0.3 is 10.5 Å². The van der Waals surface area contributed by atoms with Crippen molar-refractivity contribution >= 4 is 11.8 Å². The molecule has 4 nitrogen and oxygen atoms in total. The summed E-state index contributed by atoms with van der Waals surface area (Å²) in [6.07, 6.45) is 0.529. The van der Waals surface area contributed by atoms with E-state index in [4.69, 9.17) is 11.1 Å². The standard InChI is InChI=1S/C6H10N2O2/c1-6(4(7)8)2-3-10-5(6)9/h2-3H2,1H3,(H3,7,8). The van der Waals surface area contributed by atoms with E-state index in [1.165, 1.54) is 0 Å². The minimum absolute atomic E-state index is 0.102. The van der Waals surface area contributed by atoms with E-state index in [0.29, 0.717) is 13.0 Å². The average molecular weight is 142 g/mol. The van der Waals surface area contributed by atoms with Crippen molar-refractivity contribution < 1.29 is 9.53 Å². The first kappa shape index (κ1) is 7.05. The summed E-state index contributed by atoms with van der Waals surface area (Å²) < 4.78 is 4.67. The zero-order valence-corrected chi connectivity index (χ0v) is 5.81. The van der Waals surface area contributed by atoms with Gasteiger partial charge in [-0.3, -0.25) is 10.2 Å². The van der Waals surface area contributed by atoms with Crippen LogP contribution >= 0.6 is 0 Å². The van der Waals surface area contributed by atoms with E-state index in [1.54, 1.807) is 6.92 Å². The van der Waals surface area contributed by atoms with Gasteiger partial charge >= 0.3 is 5.97 Å². The first-order chi connectivity index (χ1) is 4.57. The Bertz CT molecular complexity index is 190. The third-order valence-corrected chi connectivity index (χ3v) is 1.88. The van der Waals surface area contributed by atoms with Crippen molar-refractivity contribution in [2.75, 3.05) is 6.61 Å². The SMILES string of the molecule is CC1(C(=N)N)CCOC1=O. The second kappa shape index (κ2) is 1.97. The molecule has 3 N–H and O–H groups in total. The fourth-order valence-corrected chi connectivity index (χ4v) is 0.854. The monoisotopic (exact) mass is 142 g/mol. The molecule has 4 heteroatoms. The molecule has 10 heavy (non-hydrogen) atoms. The Morgan fingerprint density at radius 3 is 2.70 bits per heavy atom. The summed E-state index contributed by atoms with van der Waals surface area (Å²) in [4.78, 5) is 10.9. The van der Waals surface area contributed by atoms with Crippen molar-refractivity contribution in [3.8, 4) is 0 Å². The van der Waals surface area contributed by atoms with Crippen LogP contribution in [0.2, 0.25) is 0 Å². The van der Waals surface area contributed by atoms with Crippen LogP contribution in [0.15, 0.2) is 0 Å². The molecule has 0 saturated carbocycles. The first-order valence-corrected chi connectivity index (χ1v) is 3.09. The quantitative estimate of drug-likeness (QED) is 0.304. The second-order valence-electron chi connectivity index (χ2n) is 2.63.